The van der Waals surface area contributed by atoms with Crippen LogP contribution in [0.4, 0.5) is 0 Å². The summed E-state index contributed by atoms with van der Waals surface area (Å²) in [7, 11) is -3.67. The van der Waals surface area contributed by atoms with E-state index in [-0.39, 0.29) is 22.2 Å². The number of carbonyl (C=O) groups excluding carboxylic acids is 1. The van der Waals surface area contributed by atoms with Crippen molar-refractivity contribution in [2.75, 3.05) is 6.54 Å². The van der Waals surface area contributed by atoms with Crippen molar-refractivity contribution < 1.29 is 13.2 Å². The highest BCUT2D eigenvalue weighted by atomic mass is 32.2. The first-order valence-electron chi connectivity index (χ1n) is 9.60. The zero-order valence-electron chi connectivity index (χ0n) is 16.3. The Hall–Kier alpha value is -2.60. The lowest BCUT2D eigenvalue weighted by molar-refractivity contribution is -0.121. The summed E-state index contributed by atoms with van der Waals surface area (Å²) >= 11 is 0. The summed E-state index contributed by atoms with van der Waals surface area (Å²) in [5.74, 6) is -0.115. The molecule has 148 valence electrons. The number of carbonyl (C=O) groups is 1. The summed E-state index contributed by atoms with van der Waals surface area (Å²) in [4.78, 5) is 12.8. The quantitative estimate of drug-likeness (QED) is 0.581. The minimum atomic E-state index is -3.67. The fourth-order valence-corrected chi connectivity index (χ4v) is 4.69. The molecule has 3 rings (SSSR count). The van der Waals surface area contributed by atoms with Crippen LogP contribution < -0.4 is 5.32 Å². The van der Waals surface area contributed by atoms with Gasteiger partial charge in [-0.2, -0.15) is 0 Å². The molecular weight excluding hydrogens is 372 g/mol. The van der Waals surface area contributed by atoms with Crippen molar-refractivity contribution in [3.05, 3.63) is 60.3 Å². The van der Waals surface area contributed by atoms with Crippen molar-refractivity contribution in [3.63, 3.8) is 0 Å². The summed E-state index contributed by atoms with van der Waals surface area (Å²) in [6.45, 7) is 4.77. The fraction of sp³-hybridized carbons (Fsp3) is 0.318. The molecule has 1 amide bonds. The van der Waals surface area contributed by atoms with E-state index in [0.29, 0.717) is 11.9 Å². The molecular formula is C22H26N2O3S. The predicted molar refractivity (Wildman–Crippen MR) is 111 cm³/mol. The molecule has 0 fully saturated rings. The van der Waals surface area contributed by atoms with E-state index in [1.807, 2.05) is 25.1 Å². The molecule has 0 radical (unpaired) electrons. The van der Waals surface area contributed by atoms with Crippen LogP contribution >= 0.6 is 0 Å². The molecule has 0 saturated carbocycles. The third-order valence-electron chi connectivity index (χ3n) is 4.79. The smallest absolute Gasteiger partial charge is 0.239 e. The number of benzene rings is 2. The zero-order valence-corrected chi connectivity index (χ0v) is 17.1. The van der Waals surface area contributed by atoms with Gasteiger partial charge in [0.05, 0.1) is 9.79 Å². The second-order valence-electron chi connectivity index (χ2n) is 7.01. The van der Waals surface area contributed by atoms with E-state index in [1.165, 1.54) is 0 Å². The Kier molecular flexibility index (Phi) is 6.19. The minimum absolute atomic E-state index is 0.0933. The van der Waals surface area contributed by atoms with Gasteiger partial charge in [0.15, 0.2) is 0 Å². The molecule has 0 atom stereocenters. The summed E-state index contributed by atoms with van der Waals surface area (Å²) in [5.41, 5.74) is 1.73. The number of aryl methyl sites for hydroxylation is 1. The summed E-state index contributed by atoms with van der Waals surface area (Å²) in [6.07, 6.45) is 4.69. The highest BCUT2D eigenvalue weighted by molar-refractivity contribution is 7.91. The second kappa shape index (κ2) is 8.61. The Morgan fingerprint density at radius 3 is 2.46 bits per heavy atom. The van der Waals surface area contributed by atoms with Gasteiger partial charge in [-0.15, -0.1) is 0 Å². The molecule has 0 unspecified atom stereocenters. The van der Waals surface area contributed by atoms with Crippen LogP contribution in [0.25, 0.3) is 10.9 Å². The highest BCUT2D eigenvalue weighted by Gasteiger charge is 2.23. The topological polar surface area (TPSA) is 68.2 Å². The molecule has 1 heterocycles. The van der Waals surface area contributed by atoms with E-state index in [2.05, 4.69) is 12.2 Å². The number of nitrogens with zero attached hydrogens (tertiary/aromatic N) is 1. The van der Waals surface area contributed by atoms with Gasteiger partial charge in [-0.25, -0.2) is 8.42 Å². The van der Waals surface area contributed by atoms with E-state index in [9.17, 15) is 13.2 Å². The normalized spacial score (nSPS) is 11.6. The van der Waals surface area contributed by atoms with Crippen LogP contribution in [0.1, 0.15) is 31.7 Å². The van der Waals surface area contributed by atoms with Crippen LogP contribution in [0.15, 0.2) is 64.5 Å². The highest BCUT2D eigenvalue weighted by Crippen LogP contribution is 2.30. The number of aromatic nitrogens is 1. The van der Waals surface area contributed by atoms with E-state index in [4.69, 9.17) is 0 Å². The standard InChI is InChI=1S/C22H26N2O3S/c1-3-4-7-14-23-22(25)16-24-15-21(19-8-5-6-9-20(19)24)28(26,27)18-12-10-17(2)11-13-18/h5-6,8-13,15H,3-4,7,14,16H2,1-2H3,(H,23,25). The maximum atomic E-state index is 13.2. The Morgan fingerprint density at radius 1 is 1.04 bits per heavy atom. The number of hydrogen-bond acceptors (Lipinski definition) is 3. The van der Waals surface area contributed by atoms with Crippen molar-refractivity contribution in [2.24, 2.45) is 0 Å². The van der Waals surface area contributed by atoms with Gasteiger partial charge < -0.3 is 9.88 Å². The zero-order chi connectivity index (χ0) is 20.1. The maximum absolute atomic E-state index is 13.2. The number of sulfone groups is 1. The summed E-state index contributed by atoms with van der Waals surface area (Å²) in [5, 5.41) is 3.53. The van der Waals surface area contributed by atoms with Crippen LogP contribution in [0.5, 0.6) is 0 Å². The van der Waals surface area contributed by atoms with E-state index >= 15 is 0 Å². The van der Waals surface area contributed by atoms with Crippen LogP contribution in [0.3, 0.4) is 0 Å². The molecule has 1 aromatic heterocycles. The summed E-state index contributed by atoms with van der Waals surface area (Å²) in [6, 6.07) is 14.1. The van der Waals surface area contributed by atoms with Crippen molar-refractivity contribution >= 4 is 26.6 Å². The fourth-order valence-electron chi connectivity index (χ4n) is 3.22. The number of fused-ring (bicyclic) bond motifs is 1. The molecule has 2 aromatic carbocycles. The molecule has 1 N–H and O–H groups in total. The van der Waals surface area contributed by atoms with Gasteiger partial charge in [-0.1, -0.05) is 55.7 Å². The lowest BCUT2D eigenvalue weighted by Gasteiger charge is -2.07. The molecule has 6 heteroatoms. The van der Waals surface area contributed by atoms with Crippen LogP contribution in [0, 0.1) is 6.92 Å². The van der Waals surface area contributed by atoms with Gasteiger partial charge in [0, 0.05) is 23.6 Å². The average Bonchev–Trinajstić information content (AvgIpc) is 3.05. The Balaban J connectivity index is 1.92. The Morgan fingerprint density at radius 2 is 1.75 bits per heavy atom. The first-order valence-corrected chi connectivity index (χ1v) is 11.1. The Labute approximate surface area is 166 Å². The van der Waals surface area contributed by atoms with E-state index in [1.54, 1.807) is 41.1 Å². The van der Waals surface area contributed by atoms with Crippen molar-refractivity contribution in [2.45, 2.75) is 49.4 Å². The first kappa shape index (κ1) is 20.1. The molecule has 0 saturated heterocycles. The lowest BCUT2D eigenvalue weighted by atomic mass is 10.2. The molecule has 0 spiro atoms. The molecule has 0 aliphatic rings. The number of rotatable bonds is 8. The van der Waals surface area contributed by atoms with Gasteiger partial charge in [0.1, 0.15) is 6.54 Å². The number of hydrogen-bond donors (Lipinski definition) is 1. The van der Waals surface area contributed by atoms with Crippen LogP contribution in [-0.2, 0) is 21.2 Å². The monoisotopic (exact) mass is 398 g/mol. The third kappa shape index (κ3) is 4.28. The molecule has 0 aliphatic heterocycles. The van der Waals surface area contributed by atoms with Crippen molar-refractivity contribution in [1.29, 1.82) is 0 Å². The molecule has 0 aliphatic carbocycles. The van der Waals surface area contributed by atoms with Gasteiger partial charge in [0.2, 0.25) is 15.7 Å². The van der Waals surface area contributed by atoms with Crippen LogP contribution in [0.2, 0.25) is 0 Å². The van der Waals surface area contributed by atoms with E-state index in [0.717, 1.165) is 30.3 Å². The van der Waals surface area contributed by atoms with Gasteiger partial charge >= 0.3 is 0 Å². The molecule has 5 nitrogen and oxygen atoms in total. The predicted octanol–water partition coefficient (Wildman–Crippen LogP) is 4.09. The van der Waals surface area contributed by atoms with Crippen molar-refractivity contribution in [1.82, 2.24) is 9.88 Å². The first-order chi connectivity index (χ1) is 13.4. The number of unbranched alkanes of at least 4 members (excludes halogenated alkanes) is 2. The van der Waals surface area contributed by atoms with Gasteiger partial charge in [0.25, 0.3) is 0 Å². The Bertz CT molecular complexity index is 1070. The number of amides is 1. The molecule has 3 aromatic rings. The number of para-hydroxylation sites is 1. The van der Waals surface area contributed by atoms with E-state index < -0.39 is 9.84 Å². The SMILES string of the molecule is CCCCCNC(=O)Cn1cc(S(=O)(=O)c2ccc(C)cc2)c2ccccc21. The van der Waals surface area contributed by atoms with Gasteiger partial charge in [-0.3, -0.25) is 4.79 Å². The maximum Gasteiger partial charge on any atom is 0.239 e. The van der Waals surface area contributed by atoms with Crippen LogP contribution in [-0.4, -0.2) is 25.4 Å². The summed E-state index contributed by atoms with van der Waals surface area (Å²) < 4.78 is 28.1. The molecule has 0 bridgehead atoms. The average molecular weight is 399 g/mol. The minimum Gasteiger partial charge on any atom is -0.355 e. The third-order valence-corrected chi connectivity index (χ3v) is 6.59. The van der Waals surface area contributed by atoms with Crippen molar-refractivity contribution in [3.8, 4) is 0 Å². The van der Waals surface area contributed by atoms with Gasteiger partial charge in [-0.05, 0) is 31.5 Å². The largest absolute Gasteiger partial charge is 0.355 e. The lowest BCUT2D eigenvalue weighted by Crippen LogP contribution is -2.28. The second-order valence-corrected chi connectivity index (χ2v) is 8.93. The molecule has 28 heavy (non-hydrogen) atoms. The number of nitrogens with one attached hydrogen (secondary N) is 1.